The Bertz CT molecular complexity index is 2830. The molecule has 0 radical (unpaired) electrons. The summed E-state index contributed by atoms with van der Waals surface area (Å²) in [6, 6.07) is 61.2. The molecule has 2 heteroatoms. The molecule has 240 valence electrons. The van der Waals surface area contributed by atoms with Crippen molar-refractivity contribution >= 4 is 32.3 Å². The fourth-order valence-corrected chi connectivity index (χ4v) is 8.28. The summed E-state index contributed by atoms with van der Waals surface area (Å²) in [7, 11) is 0. The summed E-state index contributed by atoms with van der Waals surface area (Å²) in [5, 5.41) is 7.41. The zero-order valence-corrected chi connectivity index (χ0v) is 28.6. The van der Waals surface area contributed by atoms with E-state index in [-0.39, 0.29) is 5.41 Å². The maximum Gasteiger partial charge on any atom is 0.160 e. The van der Waals surface area contributed by atoms with Gasteiger partial charge in [0.25, 0.3) is 0 Å². The number of aromatic nitrogens is 2. The second-order valence-corrected chi connectivity index (χ2v) is 14.2. The molecule has 0 aliphatic heterocycles. The monoisotopic (exact) mass is 650 g/mol. The summed E-state index contributed by atoms with van der Waals surface area (Å²) in [6.45, 7) is 4.72. The Morgan fingerprint density at radius 3 is 1.88 bits per heavy atom. The third-order valence-corrected chi connectivity index (χ3v) is 10.8. The highest BCUT2D eigenvalue weighted by atomic mass is 14.9. The van der Waals surface area contributed by atoms with E-state index in [0.717, 1.165) is 28.1 Å². The van der Waals surface area contributed by atoms with Gasteiger partial charge < -0.3 is 0 Å². The van der Waals surface area contributed by atoms with Crippen molar-refractivity contribution in [2.45, 2.75) is 19.3 Å². The summed E-state index contributed by atoms with van der Waals surface area (Å²) in [5.41, 5.74) is 12.7. The maximum atomic E-state index is 5.24. The summed E-state index contributed by atoms with van der Waals surface area (Å²) in [6.07, 6.45) is 0. The van der Waals surface area contributed by atoms with Crippen LogP contribution >= 0.6 is 0 Å². The normalized spacial score (nSPS) is 13.1. The van der Waals surface area contributed by atoms with Gasteiger partial charge in [-0.25, -0.2) is 9.97 Å². The number of nitrogens with zero attached hydrogens (tertiary/aromatic N) is 2. The molecule has 1 aromatic heterocycles. The Morgan fingerprint density at radius 1 is 0.392 bits per heavy atom. The van der Waals surface area contributed by atoms with E-state index < -0.39 is 0 Å². The predicted octanol–water partition coefficient (Wildman–Crippen LogP) is 12.9. The van der Waals surface area contributed by atoms with Crippen molar-refractivity contribution in [2.24, 2.45) is 0 Å². The minimum absolute atomic E-state index is 0.100. The van der Waals surface area contributed by atoms with Crippen LogP contribution in [0.25, 0.3) is 88.5 Å². The van der Waals surface area contributed by atoms with Gasteiger partial charge in [-0.3, -0.25) is 0 Å². The van der Waals surface area contributed by atoms with E-state index in [0.29, 0.717) is 5.82 Å². The predicted molar refractivity (Wildman–Crippen MR) is 214 cm³/mol. The van der Waals surface area contributed by atoms with E-state index in [2.05, 4.69) is 178 Å². The maximum absolute atomic E-state index is 5.24. The molecule has 1 aliphatic carbocycles. The summed E-state index contributed by atoms with van der Waals surface area (Å²) in [5.74, 6) is 0.717. The number of hydrogen-bond acceptors (Lipinski definition) is 2. The van der Waals surface area contributed by atoms with Gasteiger partial charge in [0.15, 0.2) is 5.82 Å². The van der Waals surface area contributed by atoms with E-state index in [4.69, 9.17) is 9.97 Å². The van der Waals surface area contributed by atoms with Crippen LogP contribution in [0.2, 0.25) is 0 Å². The number of benzene rings is 8. The van der Waals surface area contributed by atoms with Gasteiger partial charge in [-0.1, -0.05) is 159 Å². The van der Waals surface area contributed by atoms with Gasteiger partial charge in [-0.2, -0.15) is 0 Å². The van der Waals surface area contributed by atoms with Gasteiger partial charge in [0.05, 0.1) is 11.4 Å². The number of fused-ring (bicyclic) bond motifs is 7. The van der Waals surface area contributed by atoms with Gasteiger partial charge in [0.1, 0.15) is 0 Å². The first-order chi connectivity index (χ1) is 25.0. The molecule has 1 heterocycles. The highest BCUT2D eigenvalue weighted by Crippen LogP contribution is 2.53. The molecule has 0 saturated heterocycles. The van der Waals surface area contributed by atoms with Crippen molar-refractivity contribution in [3.63, 3.8) is 0 Å². The fraction of sp³-hybridized carbons (Fsp3) is 0.0612. The van der Waals surface area contributed by atoms with Crippen LogP contribution in [0.5, 0.6) is 0 Å². The van der Waals surface area contributed by atoms with Crippen LogP contribution < -0.4 is 0 Å². The highest BCUT2D eigenvalue weighted by Gasteiger charge is 2.37. The lowest BCUT2D eigenvalue weighted by Gasteiger charge is -2.22. The SMILES string of the molecule is CC1(C)c2cc3ccccc3cc2-c2c(-c3cccc(-c4cc(-c5cccc6ccc7ccccc7c56)nc(-c5ccccc5)n4)c3)cccc21. The summed E-state index contributed by atoms with van der Waals surface area (Å²) < 4.78 is 0. The smallest absolute Gasteiger partial charge is 0.160 e. The van der Waals surface area contributed by atoms with Gasteiger partial charge in [0.2, 0.25) is 0 Å². The Labute approximate surface area is 297 Å². The van der Waals surface area contributed by atoms with E-state index in [1.807, 2.05) is 6.07 Å². The molecule has 51 heavy (non-hydrogen) atoms. The van der Waals surface area contributed by atoms with E-state index >= 15 is 0 Å². The zero-order valence-electron chi connectivity index (χ0n) is 28.6. The lowest BCUT2D eigenvalue weighted by atomic mass is 9.81. The fourth-order valence-electron chi connectivity index (χ4n) is 8.28. The first kappa shape index (κ1) is 29.5. The average Bonchev–Trinajstić information content (AvgIpc) is 3.42. The Morgan fingerprint density at radius 2 is 1.02 bits per heavy atom. The van der Waals surface area contributed by atoms with Gasteiger partial charge >= 0.3 is 0 Å². The minimum atomic E-state index is -0.100. The van der Waals surface area contributed by atoms with Gasteiger partial charge in [-0.15, -0.1) is 0 Å². The molecule has 9 aromatic rings. The van der Waals surface area contributed by atoms with Crippen molar-refractivity contribution in [3.05, 3.63) is 181 Å². The third kappa shape index (κ3) is 4.71. The molecule has 0 fully saturated rings. The van der Waals surface area contributed by atoms with Crippen LogP contribution in [0.3, 0.4) is 0 Å². The third-order valence-electron chi connectivity index (χ3n) is 10.8. The topological polar surface area (TPSA) is 25.8 Å². The first-order valence-corrected chi connectivity index (χ1v) is 17.7. The van der Waals surface area contributed by atoms with Crippen LogP contribution in [-0.4, -0.2) is 9.97 Å². The molecule has 10 rings (SSSR count). The van der Waals surface area contributed by atoms with Gasteiger partial charge in [-0.05, 0) is 90.0 Å². The van der Waals surface area contributed by atoms with Crippen molar-refractivity contribution < 1.29 is 0 Å². The van der Waals surface area contributed by atoms with Crippen molar-refractivity contribution in [1.29, 1.82) is 0 Å². The molecule has 0 spiro atoms. The second-order valence-electron chi connectivity index (χ2n) is 14.2. The Kier molecular flexibility index (Phi) is 6.56. The molecule has 1 aliphatic rings. The van der Waals surface area contributed by atoms with Crippen LogP contribution in [0.15, 0.2) is 170 Å². The molecule has 2 nitrogen and oxygen atoms in total. The summed E-state index contributed by atoms with van der Waals surface area (Å²) in [4.78, 5) is 10.5. The van der Waals surface area contributed by atoms with E-state index in [1.165, 1.54) is 65.7 Å². The van der Waals surface area contributed by atoms with E-state index in [1.54, 1.807) is 0 Å². The molecule has 0 N–H and O–H groups in total. The van der Waals surface area contributed by atoms with Crippen LogP contribution in [0.4, 0.5) is 0 Å². The highest BCUT2D eigenvalue weighted by molar-refractivity contribution is 6.14. The van der Waals surface area contributed by atoms with E-state index in [9.17, 15) is 0 Å². The standard InChI is InChI=1S/C49H34N2/c1-49(2)42-24-12-22-39(47(42)41-28-34-16-6-7-17-35(34)29-43(41)49)36-19-10-20-37(27-36)44-30-45(51-48(50-44)33-14-4-3-5-15-33)40-23-11-18-32-26-25-31-13-8-9-21-38(31)46(32)40/h3-30H,1-2H3. The molecule has 0 bridgehead atoms. The molecule has 8 aromatic carbocycles. The lowest BCUT2D eigenvalue weighted by molar-refractivity contribution is 0.661. The molecule has 0 amide bonds. The Balaban J connectivity index is 1.18. The lowest BCUT2D eigenvalue weighted by Crippen LogP contribution is -2.14. The molecule has 0 atom stereocenters. The second kappa shape index (κ2) is 11.3. The molecule has 0 saturated carbocycles. The average molecular weight is 651 g/mol. The molecular weight excluding hydrogens is 617 g/mol. The van der Waals surface area contributed by atoms with Crippen molar-refractivity contribution in [1.82, 2.24) is 9.97 Å². The summed E-state index contributed by atoms with van der Waals surface area (Å²) >= 11 is 0. The first-order valence-electron chi connectivity index (χ1n) is 17.7. The largest absolute Gasteiger partial charge is 0.228 e. The Hall–Kier alpha value is -6.38. The number of rotatable bonds is 4. The van der Waals surface area contributed by atoms with Crippen molar-refractivity contribution in [2.75, 3.05) is 0 Å². The van der Waals surface area contributed by atoms with Crippen LogP contribution in [0.1, 0.15) is 25.0 Å². The minimum Gasteiger partial charge on any atom is -0.228 e. The van der Waals surface area contributed by atoms with Crippen LogP contribution in [0, 0.1) is 0 Å². The number of hydrogen-bond donors (Lipinski definition) is 0. The van der Waals surface area contributed by atoms with Crippen LogP contribution in [-0.2, 0) is 5.41 Å². The zero-order chi connectivity index (χ0) is 34.1. The molecular formula is C49H34N2. The van der Waals surface area contributed by atoms with Gasteiger partial charge in [0, 0.05) is 22.1 Å². The molecule has 0 unspecified atom stereocenters. The quantitative estimate of drug-likeness (QED) is 0.177. The van der Waals surface area contributed by atoms with Crippen molar-refractivity contribution in [3.8, 4) is 56.2 Å².